The summed E-state index contributed by atoms with van der Waals surface area (Å²) < 4.78 is 0. The van der Waals surface area contributed by atoms with Crippen molar-refractivity contribution in [2.24, 2.45) is 0 Å². The predicted octanol–water partition coefficient (Wildman–Crippen LogP) is 3.96. The van der Waals surface area contributed by atoms with Gasteiger partial charge >= 0.3 is 0 Å². The molecule has 0 bridgehead atoms. The van der Waals surface area contributed by atoms with E-state index in [1.54, 1.807) is 24.3 Å². The minimum absolute atomic E-state index is 0.0624. The Morgan fingerprint density at radius 3 is 1.82 bits per heavy atom. The summed E-state index contributed by atoms with van der Waals surface area (Å²) in [6.45, 7) is 3.07. The van der Waals surface area contributed by atoms with Crippen LogP contribution in [0.1, 0.15) is 10.4 Å². The number of benzene rings is 2. The summed E-state index contributed by atoms with van der Waals surface area (Å²) in [6.07, 6.45) is 0. The number of halogens is 2. The van der Waals surface area contributed by atoms with E-state index < -0.39 is 0 Å². The fraction of sp³-hybridized carbons (Fsp3) is 0.235. The van der Waals surface area contributed by atoms with Gasteiger partial charge in [0, 0.05) is 47.5 Å². The fourth-order valence-electron chi connectivity index (χ4n) is 2.59. The monoisotopic (exact) mass is 334 g/mol. The van der Waals surface area contributed by atoms with Crippen LogP contribution in [0.25, 0.3) is 0 Å². The van der Waals surface area contributed by atoms with E-state index >= 15 is 0 Å². The first kappa shape index (κ1) is 15.2. The van der Waals surface area contributed by atoms with Gasteiger partial charge in [-0.3, -0.25) is 4.79 Å². The summed E-state index contributed by atoms with van der Waals surface area (Å²) in [4.78, 5) is 16.6. The SMILES string of the molecule is O=C(c1ccc(Cl)cc1)N1CCN(c2ccc(Cl)cc2)CC1. The van der Waals surface area contributed by atoms with Gasteiger partial charge in [-0.05, 0) is 48.5 Å². The number of anilines is 1. The molecule has 1 aliphatic rings. The largest absolute Gasteiger partial charge is 0.368 e. The van der Waals surface area contributed by atoms with Gasteiger partial charge in [-0.25, -0.2) is 0 Å². The lowest BCUT2D eigenvalue weighted by Crippen LogP contribution is -2.48. The molecule has 0 spiro atoms. The summed E-state index contributed by atoms with van der Waals surface area (Å²) >= 11 is 11.8. The second-order valence-electron chi connectivity index (χ2n) is 5.26. The van der Waals surface area contributed by atoms with E-state index in [2.05, 4.69) is 4.90 Å². The van der Waals surface area contributed by atoms with Gasteiger partial charge in [-0.15, -0.1) is 0 Å². The third-order valence-electron chi connectivity index (χ3n) is 3.85. The molecule has 0 aliphatic carbocycles. The van der Waals surface area contributed by atoms with Crippen LogP contribution in [0.5, 0.6) is 0 Å². The highest BCUT2D eigenvalue weighted by Gasteiger charge is 2.22. The molecule has 22 heavy (non-hydrogen) atoms. The van der Waals surface area contributed by atoms with Crippen LogP contribution in [0, 0.1) is 0 Å². The highest BCUT2D eigenvalue weighted by molar-refractivity contribution is 6.30. The minimum Gasteiger partial charge on any atom is -0.368 e. The number of nitrogens with zero attached hydrogens (tertiary/aromatic N) is 2. The van der Waals surface area contributed by atoms with Crippen LogP contribution >= 0.6 is 23.2 Å². The number of amides is 1. The zero-order chi connectivity index (χ0) is 15.5. The van der Waals surface area contributed by atoms with Crippen molar-refractivity contribution in [2.45, 2.75) is 0 Å². The van der Waals surface area contributed by atoms with Crippen LogP contribution in [0.15, 0.2) is 48.5 Å². The topological polar surface area (TPSA) is 23.6 Å². The number of hydrogen-bond acceptors (Lipinski definition) is 2. The molecule has 5 heteroatoms. The van der Waals surface area contributed by atoms with Gasteiger partial charge < -0.3 is 9.80 Å². The fourth-order valence-corrected chi connectivity index (χ4v) is 2.85. The predicted molar refractivity (Wildman–Crippen MR) is 91.0 cm³/mol. The van der Waals surface area contributed by atoms with Crippen LogP contribution in [-0.2, 0) is 0 Å². The highest BCUT2D eigenvalue weighted by Crippen LogP contribution is 2.20. The van der Waals surface area contributed by atoms with E-state index in [0.29, 0.717) is 23.7 Å². The van der Waals surface area contributed by atoms with Crippen molar-refractivity contribution in [1.29, 1.82) is 0 Å². The highest BCUT2D eigenvalue weighted by atomic mass is 35.5. The van der Waals surface area contributed by atoms with E-state index in [9.17, 15) is 4.79 Å². The van der Waals surface area contributed by atoms with Crippen molar-refractivity contribution in [2.75, 3.05) is 31.1 Å². The Bertz CT molecular complexity index is 647. The maximum atomic E-state index is 12.4. The molecule has 0 unspecified atom stereocenters. The number of hydrogen-bond donors (Lipinski definition) is 0. The summed E-state index contributed by atoms with van der Waals surface area (Å²) in [5.74, 6) is 0.0624. The molecule has 2 aromatic rings. The normalized spacial score (nSPS) is 15.0. The standard InChI is InChI=1S/C17H16Cl2N2O/c18-14-3-1-13(2-4-14)17(22)21-11-9-20(10-12-21)16-7-5-15(19)6-8-16/h1-8H,9-12H2. The molecule has 0 saturated carbocycles. The molecule has 114 valence electrons. The minimum atomic E-state index is 0.0624. The van der Waals surface area contributed by atoms with E-state index in [4.69, 9.17) is 23.2 Å². The summed E-state index contributed by atoms with van der Waals surface area (Å²) in [6, 6.07) is 14.9. The molecule has 1 aliphatic heterocycles. The Hall–Kier alpha value is -1.71. The molecule has 0 radical (unpaired) electrons. The van der Waals surface area contributed by atoms with Gasteiger partial charge in [0.25, 0.3) is 5.91 Å². The molecule has 0 aromatic heterocycles. The first-order valence-corrected chi connectivity index (χ1v) is 7.94. The number of carbonyl (C=O) groups is 1. The van der Waals surface area contributed by atoms with Crippen LogP contribution in [0.4, 0.5) is 5.69 Å². The average Bonchev–Trinajstić information content (AvgIpc) is 2.56. The lowest BCUT2D eigenvalue weighted by Gasteiger charge is -2.36. The van der Waals surface area contributed by atoms with Gasteiger partial charge in [-0.1, -0.05) is 23.2 Å². The molecule has 3 rings (SSSR count). The maximum absolute atomic E-state index is 12.4. The second-order valence-corrected chi connectivity index (χ2v) is 6.14. The number of rotatable bonds is 2. The van der Waals surface area contributed by atoms with Gasteiger partial charge in [-0.2, -0.15) is 0 Å². The molecule has 0 atom stereocenters. The molecular formula is C17H16Cl2N2O. The smallest absolute Gasteiger partial charge is 0.253 e. The first-order valence-electron chi connectivity index (χ1n) is 7.19. The van der Waals surface area contributed by atoms with Crippen LogP contribution in [-0.4, -0.2) is 37.0 Å². The van der Waals surface area contributed by atoms with Crippen LogP contribution in [0.3, 0.4) is 0 Å². The second kappa shape index (κ2) is 6.59. The van der Waals surface area contributed by atoms with Crippen LogP contribution < -0.4 is 4.90 Å². The molecular weight excluding hydrogens is 319 g/mol. The molecule has 3 nitrogen and oxygen atoms in total. The van der Waals surface area contributed by atoms with Crippen molar-refractivity contribution in [3.05, 3.63) is 64.1 Å². The molecule has 1 amide bonds. The van der Waals surface area contributed by atoms with E-state index in [1.807, 2.05) is 29.2 Å². The quantitative estimate of drug-likeness (QED) is 0.829. The number of carbonyl (C=O) groups excluding carboxylic acids is 1. The van der Waals surface area contributed by atoms with E-state index in [-0.39, 0.29) is 5.91 Å². The van der Waals surface area contributed by atoms with E-state index in [0.717, 1.165) is 23.8 Å². The number of piperazine rings is 1. The summed E-state index contributed by atoms with van der Waals surface area (Å²) in [5, 5.41) is 1.38. The average molecular weight is 335 g/mol. The lowest BCUT2D eigenvalue weighted by atomic mass is 10.1. The maximum Gasteiger partial charge on any atom is 0.253 e. The molecule has 1 fully saturated rings. The Labute approximate surface area is 140 Å². The first-order chi connectivity index (χ1) is 10.6. The van der Waals surface area contributed by atoms with Gasteiger partial charge in [0.15, 0.2) is 0 Å². The van der Waals surface area contributed by atoms with Gasteiger partial charge in [0.1, 0.15) is 0 Å². The summed E-state index contributed by atoms with van der Waals surface area (Å²) in [7, 11) is 0. The summed E-state index contributed by atoms with van der Waals surface area (Å²) in [5.41, 5.74) is 1.83. The Morgan fingerprint density at radius 2 is 1.27 bits per heavy atom. The molecule has 1 saturated heterocycles. The molecule has 0 N–H and O–H groups in total. The van der Waals surface area contributed by atoms with E-state index in [1.165, 1.54) is 0 Å². The van der Waals surface area contributed by atoms with Crippen LogP contribution in [0.2, 0.25) is 10.0 Å². The zero-order valence-electron chi connectivity index (χ0n) is 12.0. The lowest BCUT2D eigenvalue weighted by molar-refractivity contribution is 0.0747. The van der Waals surface area contributed by atoms with Gasteiger partial charge in [0.2, 0.25) is 0 Å². The van der Waals surface area contributed by atoms with Crippen molar-refractivity contribution in [3.8, 4) is 0 Å². The van der Waals surface area contributed by atoms with Crippen molar-refractivity contribution in [3.63, 3.8) is 0 Å². The Morgan fingerprint density at radius 1 is 0.773 bits per heavy atom. The zero-order valence-corrected chi connectivity index (χ0v) is 13.5. The van der Waals surface area contributed by atoms with Crippen molar-refractivity contribution in [1.82, 2.24) is 4.90 Å². The third kappa shape index (κ3) is 3.37. The van der Waals surface area contributed by atoms with Crippen molar-refractivity contribution >= 4 is 34.8 Å². The Kier molecular flexibility index (Phi) is 4.55. The molecule has 1 heterocycles. The van der Waals surface area contributed by atoms with Gasteiger partial charge in [0.05, 0.1) is 0 Å². The van der Waals surface area contributed by atoms with Crippen molar-refractivity contribution < 1.29 is 4.79 Å². The third-order valence-corrected chi connectivity index (χ3v) is 4.35. The molecule has 2 aromatic carbocycles. The Balaban J connectivity index is 1.62.